The fourth-order valence-electron chi connectivity index (χ4n) is 3.53. The first-order valence-electron chi connectivity index (χ1n) is 12.1. The zero-order valence-electron chi connectivity index (χ0n) is 22.6. The van der Waals surface area contributed by atoms with Gasteiger partial charge in [0, 0.05) is 18.8 Å². The smallest absolute Gasteiger partial charge is 0.329 e. The van der Waals surface area contributed by atoms with Gasteiger partial charge in [0.15, 0.2) is 18.1 Å². The average Bonchev–Trinajstić information content (AvgIpc) is 2.84. The van der Waals surface area contributed by atoms with Crippen LogP contribution < -0.4 is 25.5 Å². The summed E-state index contributed by atoms with van der Waals surface area (Å²) in [6.45, 7) is 10.3. The molecule has 3 N–H and O–H groups in total. The first-order chi connectivity index (χ1) is 18.0. The van der Waals surface area contributed by atoms with Crippen molar-refractivity contribution in [2.45, 2.75) is 47.1 Å². The summed E-state index contributed by atoms with van der Waals surface area (Å²) in [6, 6.07) is 7.30. The second kappa shape index (κ2) is 15.1. The number of halogens is 1. The SMILES string of the molecule is COc1cc(/C=N\NC(=O)C(=O)NCCCOC(C)C)cc(Br)c1OCC(=O)Nc1c(C)cc(C)cc1C. The molecule has 2 aromatic carbocycles. The third-order valence-electron chi connectivity index (χ3n) is 5.18. The van der Waals surface area contributed by atoms with E-state index in [0.29, 0.717) is 41.1 Å². The lowest BCUT2D eigenvalue weighted by atomic mass is 10.1. The number of carbonyl (C=O) groups is 3. The Hall–Kier alpha value is -3.44. The monoisotopic (exact) mass is 590 g/mol. The molecule has 2 rings (SSSR count). The largest absolute Gasteiger partial charge is 0.493 e. The molecule has 0 bridgehead atoms. The summed E-state index contributed by atoms with van der Waals surface area (Å²) in [5, 5.41) is 9.23. The number of hydrogen-bond donors (Lipinski definition) is 3. The molecule has 206 valence electrons. The summed E-state index contributed by atoms with van der Waals surface area (Å²) in [5.74, 6) is -1.30. The van der Waals surface area contributed by atoms with Gasteiger partial charge in [-0.3, -0.25) is 14.4 Å². The highest BCUT2D eigenvalue weighted by atomic mass is 79.9. The molecule has 0 spiro atoms. The Labute approximate surface area is 231 Å². The Balaban J connectivity index is 1.93. The molecule has 0 saturated heterocycles. The number of rotatable bonds is 12. The number of nitrogens with zero attached hydrogens (tertiary/aromatic N) is 1. The predicted octanol–water partition coefficient (Wildman–Crippen LogP) is 3.78. The van der Waals surface area contributed by atoms with Crippen molar-refractivity contribution in [3.8, 4) is 11.5 Å². The molecule has 0 aromatic heterocycles. The van der Waals surface area contributed by atoms with E-state index in [1.54, 1.807) is 12.1 Å². The fourth-order valence-corrected chi connectivity index (χ4v) is 4.11. The molecular weight excluding hydrogens is 556 g/mol. The van der Waals surface area contributed by atoms with Crippen molar-refractivity contribution in [3.05, 3.63) is 51.0 Å². The predicted molar refractivity (Wildman–Crippen MR) is 150 cm³/mol. The summed E-state index contributed by atoms with van der Waals surface area (Å²) in [4.78, 5) is 36.3. The van der Waals surface area contributed by atoms with Gasteiger partial charge < -0.3 is 24.8 Å². The van der Waals surface area contributed by atoms with Gasteiger partial charge in [-0.25, -0.2) is 5.43 Å². The van der Waals surface area contributed by atoms with Crippen LogP contribution in [0.15, 0.2) is 33.8 Å². The highest BCUT2D eigenvalue weighted by molar-refractivity contribution is 9.10. The number of ether oxygens (including phenoxy) is 3. The molecule has 0 radical (unpaired) electrons. The normalized spacial score (nSPS) is 10.9. The summed E-state index contributed by atoms with van der Waals surface area (Å²) in [5.41, 5.74) is 6.57. The lowest BCUT2D eigenvalue weighted by Crippen LogP contribution is -2.38. The van der Waals surface area contributed by atoms with Crippen molar-refractivity contribution in [1.29, 1.82) is 0 Å². The van der Waals surface area contributed by atoms with Gasteiger partial charge in [-0.05, 0) is 85.8 Å². The maximum atomic E-state index is 12.5. The minimum absolute atomic E-state index is 0.111. The van der Waals surface area contributed by atoms with E-state index in [4.69, 9.17) is 14.2 Å². The molecule has 0 atom stereocenters. The van der Waals surface area contributed by atoms with Crippen LogP contribution in [0.4, 0.5) is 5.69 Å². The van der Waals surface area contributed by atoms with E-state index in [9.17, 15) is 14.4 Å². The van der Waals surface area contributed by atoms with Crippen molar-refractivity contribution < 1.29 is 28.6 Å². The van der Waals surface area contributed by atoms with Crippen LogP contribution in [0, 0.1) is 20.8 Å². The van der Waals surface area contributed by atoms with E-state index in [1.165, 1.54) is 13.3 Å². The molecule has 2 aromatic rings. The molecule has 0 unspecified atom stereocenters. The number of nitrogens with one attached hydrogen (secondary N) is 3. The summed E-state index contributed by atoms with van der Waals surface area (Å²) >= 11 is 3.42. The Morgan fingerprint density at radius 1 is 1.05 bits per heavy atom. The number of benzene rings is 2. The highest BCUT2D eigenvalue weighted by Crippen LogP contribution is 2.36. The fraction of sp³-hybridized carbons (Fsp3) is 0.407. The summed E-state index contributed by atoms with van der Waals surface area (Å²) < 4.78 is 17.0. The standard InChI is InChI=1S/C27H35BrN4O6/c1-16(2)37-9-7-8-29-26(34)27(35)32-30-14-20-12-21(28)25(22(13-20)36-6)38-15-23(33)31-24-18(4)10-17(3)11-19(24)5/h10-14,16H,7-9,15H2,1-6H3,(H,29,34)(H,31,33)(H,32,35)/b30-14-. The Kier molecular flexibility index (Phi) is 12.2. The third kappa shape index (κ3) is 9.79. The number of aryl methyl sites for hydroxylation is 3. The third-order valence-corrected chi connectivity index (χ3v) is 5.77. The highest BCUT2D eigenvalue weighted by Gasteiger charge is 2.15. The minimum atomic E-state index is -0.887. The van der Waals surface area contributed by atoms with Gasteiger partial charge in [-0.15, -0.1) is 0 Å². The van der Waals surface area contributed by atoms with Crippen LogP contribution >= 0.6 is 15.9 Å². The average molecular weight is 592 g/mol. The molecule has 0 fully saturated rings. The zero-order valence-corrected chi connectivity index (χ0v) is 24.2. The maximum absolute atomic E-state index is 12.5. The van der Waals surface area contributed by atoms with Crippen LogP contribution in [-0.4, -0.2) is 56.9 Å². The molecular formula is C27H35BrN4O6. The zero-order chi connectivity index (χ0) is 28.2. The molecule has 0 heterocycles. The van der Waals surface area contributed by atoms with Gasteiger partial charge in [0.2, 0.25) is 0 Å². The van der Waals surface area contributed by atoms with E-state index < -0.39 is 11.8 Å². The van der Waals surface area contributed by atoms with Gasteiger partial charge >= 0.3 is 11.8 Å². The number of methoxy groups -OCH3 is 1. The maximum Gasteiger partial charge on any atom is 0.329 e. The van der Waals surface area contributed by atoms with Crippen LogP contribution in [0.2, 0.25) is 0 Å². The summed E-state index contributed by atoms with van der Waals surface area (Å²) in [7, 11) is 1.47. The van der Waals surface area contributed by atoms with Gasteiger partial charge in [0.1, 0.15) is 0 Å². The van der Waals surface area contributed by atoms with E-state index in [0.717, 1.165) is 22.4 Å². The van der Waals surface area contributed by atoms with Crippen LogP contribution in [0.5, 0.6) is 11.5 Å². The van der Waals surface area contributed by atoms with Gasteiger partial charge in [-0.1, -0.05) is 17.7 Å². The summed E-state index contributed by atoms with van der Waals surface area (Å²) in [6.07, 6.45) is 2.06. The van der Waals surface area contributed by atoms with Crippen LogP contribution in [0.3, 0.4) is 0 Å². The lowest BCUT2D eigenvalue weighted by Gasteiger charge is -2.15. The number of hydrazone groups is 1. The van der Waals surface area contributed by atoms with Crippen LogP contribution in [0.1, 0.15) is 42.5 Å². The van der Waals surface area contributed by atoms with Crippen LogP contribution in [-0.2, 0) is 19.1 Å². The second-order valence-electron chi connectivity index (χ2n) is 8.87. The van der Waals surface area contributed by atoms with Crippen LogP contribution in [0.25, 0.3) is 0 Å². The van der Waals surface area contributed by atoms with E-state index in [1.807, 2.05) is 46.8 Å². The number of anilines is 1. The molecule has 10 nitrogen and oxygen atoms in total. The molecule has 3 amide bonds. The van der Waals surface area contributed by atoms with Gasteiger partial charge in [0.25, 0.3) is 5.91 Å². The topological polar surface area (TPSA) is 127 Å². The Bertz CT molecular complexity index is 1160. The molecule has 38 heavy (non-hydrogen) atoms. The van der Waals surface area contributed by atoms with Crippen molar-refractivity contribution in [2.24, 2.45) is 5.10 Å². The molecule has 0 aliphatic heterocycles. The second-order valence-corrected chi connectivity index (χ2v) is 9.73. The quantitative estimate of drug-likeness (QED) is 0.149. The number of amides is 3. The van der Waals surface area contributed by atoms with E-state index >= 15 is 0 Å². The van der Waals surface area contributed by atoms with Crippen molar-refractivity contribution >= 4 is 45.6 Å². The minimum Gasteiger partial charge on any atom is -0.493 e. The van der Waals surface area contributed by atoms with Gasteiger partial charge in [0.05, 0.1) is 23.9 Å². The van der Waals surface area contributed by atoms with Crippen molar-refractivity contribution in [3.63, 3.8) is 0 Å². The number of hydrogen-bond acceptors (Lipinski definition) is 7. The molecule has 0 aliphatic carbocycles. The van der Waals surface area contributed by atoms with E-state index in [-0.39, 0.29) is 18.6 Å². The molecule has 0 aliphatic rings. The molecule has 0 saturated carbocycles. The first kappa shape index (κ1) is 30.8. The number of carbonyl (C=O) groups excluding carboxylic acids is 3. The Morgan fingerprint density at radius 2 is 1.74 bits per heavy atom. The molecule has 11 heteroatoms. The first-order valence-corrected chi connectivity index (χ1v) is 12.9. The van der Waals surface area contributed by atoms with E-state index in [2.05, 4.69) is 37.1 Å². The van der Waals surface area contributed by atoms with Gasteiger partial charge in [-0.2, -0.15) is 5.10 Å². The van der Waals surface area contributed by atoms with Crippen molar-refractivity contribution in [1.82, 2.24) is 10.7 Å². The lowest BCUT2D eigenvalue weighted by molar-refractivity contribution is -0.139. The Morgan fingerprint density at radius 3 is 2.37 bits per heavy atom. The van der Waals surface area contributed by atoms with Crippen molar-refractivity contribution in [2.75, 3.05) is 32.2 Å².